The number of nitrogens with zero attached hydrogens (tertiary/aromatic N) is 4. The van der Waals surface area contributed by atoms with E-state index >= 15 is 0 Å². The molecule has 0 aliphatic heterocycles. The molecule has 17 heavy (non-hydrogen) atoms. The Morgan fingerprint density at radius 3 is 2.82 bits per heavy atom. The van der Waals surface area contributed by atoms with Crippen LogP contribution in [0.15, 0.2) is 23.3 Å². The molecular weight excluding hydrogens is 226 g/mol. The third kappa shape index (κ3) is 3.59. The van der Waals surface area contributed by atoms with Gasteiger partial charge in [0.1, 0.15) is 17.7 Å². The van der Waals surface area contributed by atoms with E-state index in [0.29, 0.717) is 6.42 Å². The smallest absolute Gasteiger partial charge is 0.141 e. The maximum atomic E-state index is 13.3. The van der Waals surface area contributed by atoms with Gasteiger partial charge in [-0.1, -0.05) is 17.3 Å². The molecule has 0 radical (unpaired) electrons. The van der Waals surface area contributed by atoms with Crippen molar-refractivity contribution in [2.24, 2.45) is 5.11 Å². The SMILES string of the molecule is N#Cc1cc(F)c(C=CCCN=[N+]=[N-])cc1F. The number of halogens is 2. The van der Waals surface area contributed by atoms with Crippen LogP contribution in [0.4, 0.5) is 8.78 Å². The predicted molar refractivity (Wildman–Crippen MR) is 58.7 cm³/mol. The number of hydrogen-bond acceptors (Lipinski definition) is 2. The largest absolute Gasteiger partial charge is 0.206 e. The third-order valence-corrected chi connectivity index (χ3v) is 1.96. The van der Waals surface area contributed by atoms with Gasteiger partial charge >= 0.3 is 0 Å². The highest BCUT2D eigenvalue weighted by atomic mass is 19.1. The van der Waals surface area contributed by atoms with E-state index < -0.39 is 11.6 Å². The minimum atomic E-state index is -0.761. The first-order chi connectivity index (χ1) is 8.19. The average molecular weight is 234 g/mol. The second-order valence-corrected chi connectivity index (χ2v) is 3.11. The molecular formula is C11H8F2N4. The first-order valence-corrected chi connectivity index (χ1v) is 4.75. The molecule has 0 heterocycles. The van der Waals surface area contributed by atoms with Crippen molar-refractivity contribution in [3.05, 3.63) is 51.4 Å². The van der Waals surface area contributed by atoms with Crippen LogP contribution in [0.2, 0.25) is 0 Å². The van der Waals surface area contributed by atoms with Gasteiger partial charge in [0.25, 0.3) is 0 Å². The van der Waals surface area contributed by atoms with Crippen LogP contribution in [-0.2, 0) is 0 Å². The van der Waals surface area contributed by atoms with Crippen molar-refractivity contribution in [2.75, 3.05) is 6.54 Å². The van der Waals surface area contributed by atoms with Crippen LogP contribution in [0.25, 0.3) is 16.5 Å². The Kier molecular flexibility index (Phi) is 4.67. The number of nitriles is 1. The maximum absolute atomic E-state index is 13.3. The van der Waals surface area contributed by atoms with Gasteiger partial charge in [0.2, 0.25) is 0 Å². The Hall–Kier alpha value is -2.38. The lowest BCUT2D eigenvalue weighted by atomic mass is 10.1. The van der Waals surface area contributed by atoms with E-state index in [2.05, 4.69) is 10.0 Å². The molecule has 0 N–H and O–H groups in total. The van der Waals surface area contributed by atoms with Gasteiger partial charge in [0, 0.05) is 17.0 Å². The average Bonchev–Trinajstić information content (AvgIpc) is 2.32. The number of rotatable bonds is 4. The van der Waals surface area contributed by atoms with Crippen LogP contribution in [0.3, 0.4) is 0 Å². The zero-order chi connectivity index (χ0) is 12.7. The normalized spacial score (nSPS) is 9.94. The minimum Gasteiger partial charge on any atom is -0.206 e. The summed E-state index contributed by atoms with van der Waals surface area (Å²) in [5.74, 6) is -1.42. The van der Waals surface area contributed by atoms with Crippen molar-refractivity contribution in [3.63, 3.8) is 0 Å². The summed E-state index contributed by atoms with van der Waals surface area (Å²) in [5.41, 5.74) is 7.75. The Morgan fingerprint density at radius 1 is 1.41 bits per heavy atom. The fourth-order valence-corrected chi connectivity index (χ4v) is 1.16. The molecule has 0 aliphatic rings. The van der Waals surface area contributed by atoms with E-state index in [9.17, 15) is 8.78 Å². The minimum absolute atomic E-state index is 0.0578. The van der Waals surface area contributed by atoms with Gasteiger partial charge in [0.15, 0.2) is 0 Å². The van der Waals surface area contributed by atoms with E-state index in [1.165, 1.54) is 6.08 Å². The molecule has 0 saturated heterocycles. The van der Waals surface area contributed by atoms with Gasteiger partial charge in [-0.05, 0) is 24.1 Å². The molecule has 0 unspecified atom stereocenters. The van der Waals surface area contributed by atoms with Crippen molar-refractivity contribution >= 4 is 6.08 Å². The van der Waals surface area contributed by atoms with Gasteiger partial charge < -0.3 is 0 Å². The van der Waals surface area contributed by atoms with Crippen LogP contribution in [-0.4, -0.2) is 6.54 Å². The molecule has 0 atom stereocenters. The standard InChI is InChI=1S/C11H8F2N4/c12-10-6-9(7-14)11(13)5-8(10)3-1-2-4-16-17-15/h1,3,5-6H,2,4H2. The van der Waals surface area contributed by atoms with Gasteiger partial charge in [-0.15, -0.1) is 0 Å². The summed E-state index contributed by atoms with van der Waals surface area (Å²) >= 11 is 0. The Labute approximate surface area is 96.4 Å². The molecule has 86 valence electrons. The number of benzene rings is 1. The van der Waals surface area contributed by atoms with Gasteiger partial charge in [-0.25, -0.2) is 8.78 Å². The molecule has 6 heteroatoms. The molecule has 0 fully saturated rings. The molecule has 0 bridgehead atoms. The Balaban J connectivity index is 2.82. The van der Waals surface area contributed by atoms with Crippen molar-refractivity contribution < 1.29 is 8.78 Å². The second-order valence-electron chi connectivity index (χ2n) is 3.11. The number of azide groups is 1. The first kappa shape index (κ1) is 12.7. The molecule has 4 nitrogen and oxygen atoms in total. The predicted octanol–water partition coefficient (Wildman–Crippen LogP) is 3.55. The monoisotopic (exact) mass is 234 g/mol. The fraction of sp³-hybridized carbons (Fsp3) is 0.182. The maximum Gasteiger partial charge on any atom is 0.141 e. The van der Waals surface area contributed by atoms with Gasteiger partial charge in [0.05, 0.1) is 5.56 Å². The third-order valence-electron chi connectivity index (χ3n) is 1.96. The number of hydrogen-bond donors (Lipinski definition) is 0. The van der Waals surface area contributed by atoms with Gasteiger partial charge in [-0.2, -0.15) is 5.26 Å². The molecule has 1 aromatic carbocycles. The van der Waals surface area contributed by atoms with E-state index in [1.54, 1.807) is 12.1 Å². The van der Waals surface area contributed by atoms with Crippen LogP contribution in [0.1, 0.15) is 17.5 Å². The van der Waals surface area contributed by atoms with Crippen molar-refractivity contribution in [2.45, 2.75) is 6.42 Å². The molecule has 0 saturated carbocycles. The second kappa shape index (κ2) is 6.26. The highest BCUT2D eigenvalue weighted by Crippen LogP contribution is 2.15. The van der Waals surface area contributed by atoms with Gasteiger partial charge in [-0.3, -0.25) is 0 Å². The highest BCUT2D eigenvalue weighted by Gasteiger charge is 2.07. The Morgan fingerprint density at radius 2 is 2.18 bits per heavy atom. The molecule has 0 amide bonds. The lowest BCUT2D eigenvalue weighted by Crippen LogP contribution is -1.90. The summed E-state index contributed by atoms with van der Waals surface area (Å²) in [6.45, 7) is 0.257. The van der Waals surface area contributed by atoms with E-state index in [0.717, 1.165) is 12.1 Å². The summed E-state index contributed by atoms with van der Waals surface area (Å²) < 4.78 is 26.5. The summed E-state index contributed by atoms with van der Waals surface area (Å²) in [4.78, 5) is 2.56. The van der Waals surface area contributed by atoms with Crippen molar-refractivity contribution in [3.8, 4) is 6.07 Å². The van der Waals surface area contributed by atoms with Crippen LogP contribution >= 0.6 is 0 Å². The summed E-state index contributed by atoms with van der Waals surface area (Å²) in [6, 6.07) is 3.36. The lowest BCUT2D eigenvalue weighted by molar-refractivity contribution is 0.594. The lowest BCUT2D eigenvalue weighted by Gasteiger charge is -1.99. The van der Waals surface area contributed by atoms with E-state index in [1.807, 2.05) is 0 Å². The highest BCUT2D eigenvalue weighted by molar-refractivity contribution is 5.52. The molecule has 0 spiro atoms. The van der Waals surface area contributed by atoms with E-state index in [-0.39, 0.29) is 17.7 Å². The van der Waals surface area contributed by atoms with Crippen LogP contribution in [0, 0.1) is 23.0 Å². The summed E-state index contributed by atoms with van der Waals surface area (Å²) in [7, 11) is 0. The zero-order valence-electron chi connectivity index (χ0n) is 8.77. The van der Waals surface area contributed by atoms with Crippen molar-refractivity contribution in [1.29, 1.82) is 5.26 Å². The van der Waals surface area contributed by atoms with E-state index in [4.69, 9.17) is 10.8 Å². The molecule has 0 aliphatic carbocycles. The fourth-order valence-electron chi connectivity index (χ4n) is 1.16. The molecule has 1 aromatic rings. The molecule has 0 aromatic heterocycles. The molecule has 1 rings (SSSR count). The van der Waals surface area contributed by atoms with Crippen LogP contribution in [0.5, 0.6) is 0 Å². The summed E-state index contributed by atoms with van der Waals surface area (Å²) in [6.07, 6.45) is 3.39. The quantitative estimate of drug-likeness (QED) is 0.340. The van der Waals surface area contributed by atoms with Crippen LogP contribution < -0.4 is 0 Å². The summed E-state index contributed by atoms with van der Waals surface area (Å²) in [5, 5.41) is 11.8. The van der Waals surface area contributed by atoms with Crippen molar-refractivity contribution in [1.82, 2.24) is 0 Å². The first-order valence-electron chi connectivity index (χ1n) is 4.75. The topological polar surface area (TPSA) is 72.5 Å². The zero-order valence-corrected chi connectivity index (χ0v) is 8.77. The Bertz CT molecular complexity index is 525.